The standard InChI is InChI=1S/C24H24O6/c1-28-18-13-11-17(12-14-18)24(29-2)23(27)22(26)21-19(25)9-6-10-20(21)30-15-16-7-4-3-5-8-16/h3-14,23-25,27H,15H2,1-2H3/t23-,24-/m0/s1. The summed E-state index contributed by atoms with van der Waals surface area (Å²) >= 11 is 0. The maximum atomic E-state index is 13.1. The molecule has 0 saturated carbocycles. The zero-order valence-electron chi connectivity index (χ0n) is 16.8. The minimum absolute atomic E-state index is 0.0866. The van der Waals surface area contributed by atoms with Gasteiger partial charge in [0.05, 0.1) is 7.11 Å². The normalized spacial score (nSPS) is 12.8. The van der Waals surface area contributed by atoms with Crippen molar-refractivity contribution in [2.24, 2.45) is 0 Å². The van der Waals surface area contributed by atoms with E-state index in [1.807, 2.05) is 30.3 Å². The Balaban J connectivity index is 1.85. The Bertz CT molecular complexity index is 969. The molecule has 0 aliphatic carbocycles. The average molecular weight is 408 g/mol. The van der Waals surface area contributed by atoms with Gasteiger partial charge in [-0.1, -0.05) is 48.5 Å². The number of carbonyl (C=O) groups is 1. The number of phenolic OH excluding ortho intramolecular Hbond substituents is 1. The van der Waals surface area contributed by atoms with Crippen LogP contribution in [0.5, 0.6) is 17.2 Å². The van der Waals surface area contributed by atoms with Gasteiger partial charge in [-0.2, -0.15) is 0 Å². The van der Waals surface area contributed by atoms with Crippen molar-refractivity contribution in [2.75, 3.05) is 14.2 Å². The molecular weight excluding hydrogens is 384 g/mol. The van der Waals surface area contributed by atoms with Gasteiger partial charge in [-0.25, -0.2) is 0 Å². The summed E-state index contributed by atoms with van der Waals surface area (Å²) in [5.41, 5.74) is 1.42. The predicted octanol–water partition coefficient (Wildman–Crippen LogP) is 3.91. The van der Waals surface area contributed by atoms with Crippen molar-refractivity contribution in [3.8, 4) is 17.2 Å². The molecule has 0 radical (unpaired) electrons. The van der Waals surface area contributed by atoms with Gasteiger partial charge >= 0.3 is 0 Å². The van der Waals surface area contributed by atoms with Crippen LogP contribution in [0.1, 0.15) is 27.6 Å². The van der Waals surface area contributed by atoms with Crippen LogP contribution >= 0.6 is 0 Å². The number of hydrogen-bond donors (Lipinski definition) is 2. The first kappa shape index (κ1) is 21.4. The minimum atomic E-state index is -1.55. The summed E-state index contributed by atoms with van der Waals surface area (Å²) in [5, 5.41) is 21.1. The van der Waals surface area contributed by atoms with E-state index in [9.17, 15) is 15.0 Å². The molecule has 0 fully saturated rings. The summed E-state index contributed by atoms with van der Waals surface area (Å²) in [6.45, 7) is 0.215. The smallest absolute Gasteiger partial charge is 0.201 e. The van der Waals surface area contributed by atoms with Crippen molar-refractivity contribution in [3.05, 3.63) is 89.5 Å². The first-order valence-corrected chi connectivity index (χ1v) is 9.43. The van der Waals surface area contributed by atoms with Gasteiger partial charge in [0.25, 0.3) is 0 Å². The molecule has 3 rings (SSSR count). The number of methoxy groups -OCH3 is 2. The molecule has 6 heteroatoms. The van der Waals surface area contributed by atoms with E-state index < -0.39 is 18.0 Å². The number of benzene rings is 3. The number of ketones is 1. The van der Waals surface area contributed by atoms with Crippen molar-refractivity contribution in [3.63, 3.8) is 0 Å². The maximum Gasteiger partial charge on any atom is 0.201 e. The van der Waals surface area contributed by atoms with E-state index in [0.29, 0.717) is 11.3 Å². The van der Waals surface area contributed by atoms with Gasteiger partial charge in [-0.05, 0) is 35.4 Å². The fourth-order valence-corrected chi connectivity index (χ4v) is 3.15. The van der Waals surface area contributed by atoms with Crippen LogP contribution in [0.25, 0.3) is 0 Å². The predicted molar refractivity (Wildman–Crippen MR) is 112 cm³/mol. The summed E-state index contributed by atoms with van der Waals surface area (Å²) < 4.78 is 16.3. The molecule has 30 heavy (non-hydrogen) atoms. The monoisotopic (exact) mass is 408 g/mol. The number of aliphatic hydroxyl groups excluding tert-OH is 1. The van der Waals surface area contributed by atoms with Gasteiger partial charge in [0, 0.05) is 7.11 Å². The number of hydrogen-bond acceptors (Lipinski definition) is 6. The Kier molecular flexibility index (Phi) is 7.06. The Morgan fingerprint density at radius 1 is 0.933 bits per heavy atom. The van der Waals surface area contributed by atoms with Gasteiger partial charge in [-0.15, -0.1) is 0 Å². The molecular formula is C24H24O6. The average Bonchev–Trinajstić information content (AvgIpc) is 2.79. The van der Waals surface area contributed by atoms with Crippen LogP contribution in [0.4, 0.5) is 0 Å². The van der Waals surface area contributed by atoms with Crippen LogP contribution in [-0.2, 0) is 11.3 Å². The second-order valence-corrected chi connectivity index (χ2v) is 6.66. The zero-order valence-corrected chi connectivity index (χ0v) is 16.8. The van der Waals surface area contributed by atoms with Crippen molar-refractivity contribution in [1.82, 2.24) is 0 Å². The lowest BCUT2D eigenvalue weighted by molar-refractivity contribution is -0.00461. The number of carbonyl (C=O) groups excluding carboxylic acids is 1. The Labute approximate surface area is 175 Å². The Hall–Kier alpha value is -3.35. The van der Waals surface area contributed by atoms with E-state index in [-0.39, 0.29) is 23.7 Å². The third-order valence-electron chi connectivity index (χ3n) is 4.74. The maximum absolute atomic E-state index is 13.1. The lowest BCUT2D eigenvalue weighted by Gasteiger charge is -2.22. The highest BCUT2D eigenvalue weighted by molar-refractivity contribution is 6.04. The third-order valence-corrected chi connectivity index (χ3v) is 4.74. The molecule has 0 aliphatic rings. The molecule has 156 valence electrons. The molecule has 3 aromatic carbocycles. The highest BCUT2D eigenvalue weighted by atomic mass is 16.5. The van der Waals surface area contributed by atoms with Crippen LogP contribution in [-0.4, -0.2) is 36.3 Å². The molecule has 2 N–H and O–H groups in total. The number of ether oxygens (including phenoxy) is 3. The molecule has 0 amide bonds. The minimum Gasteiger partial charge on any atom is -0.507 e. The van der Waals surface area contributed by atoms with E-state index in [0.717, 1.165) is 5.56 Å². The number of aromatic hydroxyl groups is 1. The van der Waals surface area contributed by atoms with Gasteiger partial charge in [0.2, 0.25) is 5.78 Å². The SMILES string of the molecule is COc1ccc([C@H](OC)[C@@H](O)C(=O)c2c(O)cccc2OCc2ccccc2)cc1. The lowest BCUT2D eigenvalue weighted by Crippen LogP contribution is -2.30. The zero-order chi connectivity index (χ0) is 21.5. The van der Waals surface area contributed by atoms with Gasteiger partial charge in [0.15, 0.2) is 0 Å². The van der Waals surface area contributed by atoms with Crippen LogP contribution < -0.4 is 9.47 Å². The largest absolute Gasteiger partial charge is 0.507 e. The van der Waals surface area contributed by atoms with Crippen LogP contribution in [0.3, 0.4) is 0 Å². The van der Waals surface area contributed by atoms with E-state index in [1.165, 1.54) is 13.2 Å². The van der Waals surface area contributed by atoms with E-state index in [4.69, 9.17) is 14.2 Å². The molecule has 6 nitrogen and oxygen atoms in total. The topological polar surface area (TPSA) is 85.2 Å². The van der Waals surface area contributed by atoms with Gasteiger partial charge in [-0.3, -0.25) is 4.79 Å². The summed E-state index contributed by atoms with van der Waals surface area (Å²) in [6, 6.07) is 20.8. The summed E-state index contributed by atoms with van der Waals surface area (Å²) in [5.74, 6) is -0.132. The number of phenols is 1. The Morgan fingerprint density at radius 2 is 1.63 bits per heavy atom. The fraction of sp³-hybridized carbons (Fsp3) is 0.208. The molecule has 0 aliphatic heterocycles. The second kappa shape index (κ2) is 9.91. The van der Waals surface area contributed by atoms with Crippen molar-refractivity contribution < 1.29 is 29.2 Å². The van der Waals surface area contributed by atoms with E-state index in [2.05, 4.69) is 0 Å². The van der Waals surface area contributed by atoms with Crippen LogP contribution in [0.2, 0.25) is 0 Å². The Morgan fingerprint density at radius 3 is 2.27 bits per heavy atom. The fourth-order valence-electron chi connectivity index (χ4n) is 3.15. The lowest BCUT2D eigenvalue weighted by atomic mass is 9.96. The highest BCUT2D eigenvalue weighted by Gasteiger charge is 2.32. The van der Waals surface area contributed by atoms with Crippen LogP contribution in [0, 0.1) is 0 Å². The molecule has 2 atom stereocenters. The van der Waals surface area contributed by atoms with Gasteiger partial charge < -0.3 is 24.4 Å². The van der Waals surface area contributed by atoms with Crippen molar-refractivity contribution in [2.45, 2.75) is 18.8 Å². The summed E-state index contributed by atoms with van der Waals surface area (Å²) in [7, 11) is 2.96. The van der Waals surface area contributed by atoms with Gasteiger partial charge in [0.1, 0.15) is 41.6 Å². The molecule has 0 heterocycles. The number of rotatable bonds is 9. The quantitative estimate of drug-likeness (QED) is 0.522. The summed E-state index contributed by atoms with van der Waals surface area (Å²) in [4.78, 5) is 13.1. The molecule has 0 saturated heterocycles. The molecule has 3 aromatic rings. The first-order valence-electron chi connectivity index (χ1n) is 9.43. The number of aliphatic hydroxyl groups is 1. The molecule has 0 bridgehead atoms. The first-order chi connectivity index (χ1) is 14.5. The molecule has 0 spiro atoms. The third kappa shape index (κ3) is 4.79. The summed E-state index contributed by atoms with van der Waals surface area (Å²) in [6.07, 6.45) is -2.47. The van der Waals surface area contributed by atoms with Crippen molar-refractivity contribution in [1.29, 1.82) is 0 Å². The van der Waals surface area contributed by atoms with E-state index >= 15 is 0 Å². The van der Waals surface area contributed by atoms with Crippen molar-refractivity contribution >= 4 is 5.78 Å². The van der Waals surface area contributed by atoms with E-state index in [1.54, 1.807) is 43.5 Å². The number of Topliss-reactive ketones (excluding diaryl/α,β-unsaturated/α-hetero) is 1. The van der Waals surface area contributed by atoms with Crippen LogP contribution in [0.15, 0.2) is 72.8 Å². The molecule has 0 aromatic heterocycles. The molecule has 0 unspecified atom stereocenters. The second-order valence-electron chi connectivity index (χ2n) is 6.66. The highest BCUT2D eigenvalue weighted by Crippen LogP contribution is 2.33.